The van der Waals surface area contributed by atoms with E-state index in [2.05, 4.69) is 20.6 Å². The monoisotopic (exact) mass is 280 g/mol. The number of carbonyl (C=O) groups excluding carboxylic acids is 1. The van der Waals surface area contributed by atoms with E-state index >= 15 is 0 Å². The maximum Gasteiger partial charge on any atom is 0.244 e. The van der Waals surface area contributed by atoms with Crippen LogP contribution >= 0.6 is 11.3 Å². The highest BCUT2D eigenvalue weighted by Crippen LogP contribution is 2.29. The fourth-order valence-corrected chi connectivity index (χ4v) is 2.80. The normalized spacial score (nSPS) is 12.4. The Kier molecular flexibility index (Phi) is 3.96. The molecule has 6 nitrogen and oxygen atoms in total. The number of aryl methyl sites for hydroxylation is 2. The number of carbonyl (C=O) groups is 1. The third-order valence-corrected chi connectivity index (χ3v) is 3.78. The molecule has 7 heteroatoms. The average Bonchev–Trinajstić information content (AvgIpc) is 2.76. The SMILES string of the molecule is CNC(=O)C(CO)Nc1nc(C)nc2scc(C)c12. The molecule has 0 saturated heterocycles. The van der Waals surface area contributed by atoms with E-state index in [1.54, 1.807) is 6.92 Å². The molecule has 0 aliphatic heterocycles. The van der Waals surface area contributed by atoms with Crippen LogP contribution in [0.5, 0.6) is 0 Å². The molecular formula is C12H16N4O2S. The second-order valence-electron chi connectivity index (χ2n) is 4.21. The number of hydrogen-bond acceptors (Lipinski definition) is 6. The Balaban J connectivity index is 2.43. The predicted molar refractivity (Wildman–Crippen MR) is 75.5 cm³/mol. The number of likely N-dealkylation sites (N-methyl/N-ethyl adjacent to an activating group) is 1. The fourth-order valence-electron chi connectivity index (χ4n) is 1.83. The van der Waals surface area contributed by atoms with Crippen LogP contribution in [0.3, 0.4) is 0 Å². The molecule has 2 rings (SSSR count). The Bertz CT molecular complexity index is 611. The molecule has 1 unspecified atom stereocenters. The van der Waals surface area contributed by atoms with Crippen molar-refractivity contribution in [1.29, 1.82) is 0 Å². The van der Waals surface area contributed by atoms with Crippen molar-refractivity contribution in [2.75, 3.05) is 19.0 Å². The van der Waals surface area contributed by atoms with E-state index in [4.69, 9.17) is 0 Å². The van der Waals surface area contributed by atoms with E-state index in [0.717, 1.165) is 15.8 Å². The summed E-state index contributed by atoms with van der Waals surface area (Å²) < 4.78 is 0. The van der Waals surface area contributed by atoms with Gasteiger partial charge in [-0.05, 0) is 24.8 Å². The molecule has 3 N–H and O–H groups in total. The van der Waals surface area contributed by atoms with Crippen molar-refractivity contribution >= 4 is 33.3 Å². The van der Waals surface area contributed by atoms with Crippen molar-refractivity contribution in [3.8, 4) is 0 Å². The van der Waals surface area contributed by atoms with Crippen molar-refractivity contribution < 1.29 is 9.90 Å². The first-order valence-corrected chi connectivity index (χ1v) is 6.76. The number of thiophene rings is 1. The van der Waals surface area contributed by atoms with Crippen LogP contribution in [0.1, 0.15) is 11.4 Å². The Morgan fingerprint density at radius 2 is 2.21 bits per heavy atom. The van der Waals surface area contributed by atoms with Crippen molar-refractivity contribution in [2.45, 2.75) is 19.9 Å². The minimum absolute atomic E-state index is 0.278. The van der Waals surface area contributed by atoms with E-state index < -0.39 is 6.04 Å². The molecule has 0 aliphatic carbocycles. The summed E-state index contributed by atoms with van der Waals surface area (Å²) in [6.45, 7) is 3.47. The minimum Gasteiger partial charge on any atom is -0.394 e. The van der Waals surface area contributed by atoms with E-state index in [9.17, 15) is 9.90 Å². The lowest BCUT2D eigenvalue weighted by Gasteiger charge is -2.16. The van der Waals surface area contributed by atoms with Gasteiger partial charge in [0, 0.05) is 7.05 Å². The van der Waals surface area contributed by atoms with Crippen LogP contribution in [-0.4, -0.2) is 40.7 Å². The number of hydrogen-bond donors (Lipinski definition) is 3. The Hall–Kier alpha value is -1.73. The molecule has 0 aliphatic rings. The molecule has 0 aromatic carbocycles. The van der Waals surface area contributed by atoms with E-state index in [1.807, 2.05) is 12.3 Å². The van der Waals surface area contributed by atoms with Crippen LogP contribution in [0.15, 0.2) is 5.38 Å². The van der Waals surface area contributed by atoms with Crippen LogP contribution in [0.25, 0.3) is 10.2 Å². The average molecular weight is 280 g/mol. The van der Waals surface area contributed by atoms with Gasteiger partial charge in [-0.3, -0.25) is 4.79 Å². The number of anilines is 1. The Labute approximate surface area is 114 Å². The molecule has 2 aromatic rings. The molecule has 102 valence electrons. The molecule has 1 atom stereocenters. The zero-order valence-corrected chi connectivity index (χ0v) is 11.8. The Morgan fingerprint density at radius 1 is 1.47 bits per heavy atom. The highest BCUT2D eigenvalue weighted by Gasteiger charge is 2.19. The predicted octanol–water partition coefficient (Wildman–Crippen LogP) is 0.827. The maximum atomic E-state index is 11.6. The van der Waals surface area contributed by atoms with Gasteiger partial charge < -0.3 is 15.7 Å². The first-order chi connectivity index (χ1) is 9.06. The summed E-state index contributed by atoms with van der Waals surface area (Å²) >= 11 is 1.54. The fraction of sp³-hybridized carbons (Fsp3) is 0.417. The number of amides is 1. The Morgan fingerprint density at radius 3 is 2.84 bits per heavy atom. The van der Waals surface area contributed by atoms with Gasteiger partial charge >= 0.3 is 0 Å². The smallest absolute Gasteiger partial charge is 0.244 e. The molecule has 2 heterocycles. The van der Waals surface area contributed by atoms with Crippen molar-refractivity contribution in [3.63, 3.8) is 0 Å². The second kappa shape index (κ2) is 5.50. The number of nitrogens with one attached hydrogen (secondary N) is 2. The van der Waals surface area contributed by atoms with Crippen LogP contribution in [-0.2, 0) is 4.79 Å². The molecular weight excluding hydrogens is 264 g/mol. The van der Waals surface area contributed by atoms with E-state index in [-0.39, 0.29) is 12.5 Å². The zero-order valence-electron chi connectivity index (χ0n) is 11.0. The van der Waals surface area contributed by atoms with Gasteiger partial charge in [-0.1, -0.05) is 0 Å². The lowest BCUT2D eigenvalue weighted by Crippen LogP contribution is -2.40. The topological polar surface area (TPSA) is 87.1 Å². The van der Waals surface area contributed by atoms with E-state index in [1.165, 1.54) is 18.4 Å². The van der Waals surface area contributed by atoms with Gasteiger partial charge in [-0.2, -0.15) is 0 Å². The first-order valence-electron chi connectivity index (χ1n) is 5.88. The van der Waals surface area contributed by atoms with Crippen LogP contribution in [0.4, 0.5) is 5.82 Å². The van der Waals surface area contributed by atoms with Crippen molar-refractivity contribution in [1.82, 2.24) is 15.3 Å². The first kappa shape index (κ1) is 13.7. The number of nitrogens with zero attached hydrogens (tertiary/aromatic N) is 2. The van der Waals surface area contributed by atoms with Gasteiger partial charge in [0.05, 0.1) is 12.0 Å². The van der Waals surface area contributed by atoms with Crippen LogP contribution in [0.2, 0.25) is 0 Å². The third-order valence-electron chi connectivity index (χ3n) is 2.79. The number of aliphatic hydroxyl groups is 1. The van der Waals surface area contributed by atoms with Crippen molar-refractivity contribution in [3.05, 3.63) is 16.8 Å². The molecule has 0 bridgehead atoms. The number of aliphatic hydroxyl groups excluding tert-OH is 1. The highest BCUT2D eigenvalue weighted by molar-refractivity contribution is 7.17. The van der Waals surface area contributed by atoms with Gasteiger partial charge in [0.25, 0.3) is 0 Å². The van der Waals surface area contributed by atoms with Crippen LogP contribution in [0, 0.1) is 13.8 Å². The molecule has 19 heavy (non-hydrogen) atoms. The maximum absolute atomic E-state index is 11.6. The summed E-state index contributed by atoms with van der Waals surface area (Å²) in [4.78, 5) is 21.2. The quantitative estimate of drug-likeness (QED) is 0.772. The standard InChI is InChI=1S/C12H16N4O2S/c1-6-5-19-12-9(6)10(14-7(2)15-12)16-8(4-17)11(18)13-3/h5,8,17H,4H2,1-3H3,(H,13,18)(H,14,15,16). The lowest BCUT2D eigenvalue weighted by atomic mass is 10.2. The van der Waals surface area contributed by atoms with Gasteiger partial charge in [-0.25, -0.2) is 9.97 Å². The molecule has 0 saturated carbocycles. The minimum atomic E-state index is -0.721. The highest BCUT2D eigenvalue weighted by atomic mass is 32.1. The summed E-state index contributed by atoms with van der Waals surface area (Å²) in [6, 6.07) is -0.721. The van der Waals surface area contributed by atoms with Gasteiger partial charge in [0.2, 0.25) is 5.91 Å². The summed E-state index contributed by atoms with van der Waals surface area (Å²) in [6.07, 6.45) is 0. The van der Waals surface area contributed by atoms with Gasteiger partial charge in [0.1, 0.15) is 22.5 Å². The van der Waals surface area contributed by atoms with Crippen LogP contribution < -0.4 is 10.6 Å². The lowest BCUT2D eigenvalue weighted by molar-refractivity contribution is -0.122. The van der Waals surface area contributed by atoms with Crippen molar-refractivity contribution in [2.24, 2.45) is 0 Å². The third kappa shape index (κ3) is 2.66. The molecule has 2 aromatic heterocycles. The van der Waals surface area contributed by atoms with E-state index in [0.29, 0.717) is 11.6 Å². The summed E-state index contributed by atoms with van der Waals surface area (Å²) in [5.74, 6) is 0.939. The second-order valence-corrected chi connectivity index (χ2v) is 5.07. The molecule has 1 amide bonds. The molecule has 0 fully saturated rings. The number of aromatic nitrogens is 2. The number of fused-ring (bicyclic) bond motifs is 1. The number of rotatable bonds is 4. The molecule has 0 radical (unpaired) electrons. The summed E-state index contributed by atoms with van der Waals surface area (Å²) in [5.41, 5.74) is 1.05. The van der Waals surface area contributed by atoms with Gasteiger partial charge in [-0.15, -0.1) is 11.3 Å². The summed E-state index contributed by atoms with van der Waals surface area (Å²) in [5, 5.41) is 17.7. The summed E-state index contributed by atoms with van der Waals surface area (Å²) in [7, 11) is 1.53. The molecule has 0 spiro atoms. The largest absolute Gasteiger partial charge is 0.394 e. The van der Waals surface area contributed by atoms with Gasteiger partial charge in [0.15, 0.2) is 0 Å². The zero-order chi connectivity index (χ0) is 14.0.